The van der Waals surface area contributed by atoms with Crippen LogP contribution in [0.15, 0.2) is 12.2 Å². The molecule has 0 aromatic carbocycles. The van der Waals surface area contributed by atoms with Gasteiger partial charge in [0.15, 0.2) is 0 Å². The molecule has 0 aromatic heterocycles. The molecule has 1 fully saturated rings. The van der Waals surface area contributed by atoms with Gasteiger partial charge in [-0.05, 0) is 24.8 Å². The van der Waals surface area contributed by atoms with Crippen molar-refractivity contribution >= 4 is 0 Å². The molecule has 0 radical (unpaired) electrons. The molecule has 1 nitrogen and oxygen atoms in total. The lowest BCUT2D eigenvalue weighted by Gasteiger charge is -2.26. The Labute approximate surface area is 60.9 Å². The molecule has 1 rings (SSSR count). The largest absolute Gasteiger partial charge is 0.378 e. The van der Waals surface area contributed by atoms with Gasteiger partial charge in [-0.1, -0.05) is 6.58 Å². The fourth-order valence-electron chi connectivity index (χ4n) is 1.31. The van der Waals surface area contributed by atoms with E-state index in [2.05, 4.69) is 6.58 Å². The summed E-state index contributed by atoms with van der Waals surface area (Å²) in [6, 6.07) is 0. The van der Waals surface area contributed by atoms with Crippen molar-refractivity contribution < 1.29 is 9.13 Å². The summed E-state index contributed by atoms with van der Waals surface area (Å²) >= 11 is 0. The van der Waals surface area contributed by atoms with Gasteiger partial charge < -0.3 is 4.74 Å². The zero-order valence-corrected chi connectivity index (χ0v) is 6.27. The van der Waals surface area contributed by atoms with Crippen LogP contribution in [0.4, 0.5) is 4.39 Å². The van der Waals surface area contributed by atoms with Gasteiger partial charge in [0.2, 0.25) is 0 Å². The first-order valence-electron chi connectivity index (χ1n) is 3.60. The maximum atomic E-state index is 13.0. The quantitative estimate of drug-likeness (QED) is 0.512. The summed E-state index contributed by atoms with van der Waals surface area (Å²) in [6.45, 7) is 3.64. The number of hydrogen-bond donors (Lipinski definition) is 0. The summed E-state index contributed by atoms with van der Waals surface area (Å²) in [5, 5.41) is 0. The molecular weight excluding hydrogens is 131 g/mol. The number of halogens is 1. The van der Waals surface area contributed by atoms with E-state index in [1.54, 1.807) is 7.11 Å². The molecule has 0 heterocycles. The van der Waals surface area contributed by atoms with Crippen molar-refractivity contribution in [1.29, 1.82) is 0 Å². The molecule has 1 aliphatic rings. The first-order valence-corrected chi connectivity index (χ1v) is 3.60. The van der Waals surface area contributed by atoms with E-state index in [1.165, 1.54) is 0 Å². The van der Waals surface area contributed by atoms with Crippen molar-refractivity contribution in [2.45, 2.75) is 31.5 Å². The zero-order chi connectivity index (χ0) is 7.56. The van der Waals surface area contributed by atoms with Crippen molar-refractivity contribution in [3.05, 3.63) is 12.2 Å². The summed E-state index contributed by atoms with van der Waals surface area (Å²) in [6.07, 6.45) is 1.50. The van der Waals surface area contributed by atoms with Crippen LogP contribution in [0, 0.1) is 0 Å². The highest BCUT2D eigenvalue weighted by Gasteiger charge is 2.26. The Morgan fingerprint density at radius 3 is 2.90 bits per heavy atom. The van der Waals surface area contributed by atoms with E-state index < -0.39 is 6.17 Å². The zero-order valence-electron chi connectivity index (χ0n) is 6.27. The third kappa shape index (κ3) is 1.37. The van der Waals surface area contributed by atoms with Crippen LogP contribution in [-0.4, -0.2) is 19.4 Å². The van der Waals surface area contributed by atoms with Gasteiger partial charge in [0.1, 0.15) is 6.17 Å². The maximum Gasteiger partial charge on any atom is 0.147 e. The van der Waals surface area contributed by atoms with E-state index in [1.807, 2.05) is 0 Å². The van der Waals surface area contributed by atoms with Crippen LogP contribution >= 0.6 is 0 Å². The van der Waals surface area contributed by atoms with Gasteiger partial charge >= 0.3 is 0 Å². The first kappa shape index (κ1) is 7.73. The molecule has 0 aliphatic heterocycles. The van der Waals surface area contributed by atoms with E-state index in [0.717, 1.165) is 19.3 Å². The maximum absolute atomic E-state index is 13.0. The predicted molar refractivity (Wildman–Crippen MR) is 38.7 cm³/mol. The molecule has 0 bridgehead atoms. The Morgan fingerprint density at radius 1 is 1.70 bits per heavy atom. The number of ether oxygens (including phenoxy) is 1. The summed E-state index contributed by atoms with van der Waals surface area (Å²) in [5.74, 6) is 0. The summed E-state index contributed by atoms with van der Waals surface area (Å²) in [5.41, 5.74) is 0.693. The average Bonchev–Trinajstić information content (AvgIpc) is 1.95. The lowest BCUT2D eigenvalue weighted by atomic mass is 9.92. The number of hydrogen-bond acceptors (Lipinski definition) is 1. The molecule has 1 saturated carbocycles. The standard InChI is InChI=1S/C8H13FO/c1-6-4-3-5-7(10-2)8(6)9/h7-8H,1,3-5H2,2H3. The smallest absolute Gasteiger partial charge is 0.147 e. The molecule has 10 heavy (non-hydrogen) atoms. The second-order valence-corrected chi connectivity index (χ2v) is 2.73. The van der Waals surface area contributed by atoms with E-state index >= 15 is 0 Å². The van der Waals surface area contributed by atoms with Crippen LogP contribution in [-0.2, 0) is 4.74 Å². The van der Waals surface area contributed by atoms with E-state index in [-0.39, 0.29) is 6.10 Å². The van der Waals surface area contributed by atoms with Gasteiger partial charge in [-0.2, -0.15) is 0 Å². The van der Waals surface area contributed by atoms with Gasteiger partial charge in [0, 0.05) is 7.11 Å². The highest BCUT2D eigenvalue weighted by molar-refractivity contribution is 5.08. The minimum Gasteiger partial charge on any atom is -0.378 e. The van der Waals surface area contributed by atoms with Crippen molar-refractivity contribution in [2.24, 2.45) is 0 Å². The summed E-state index contributed by atoms with van der Waals surface area (Å²) in [4.78, 5) is 0. The van der Waals surface area contributed by atoms with Crippen LogP contribution in [0.2, 0.25) is 0 Å². The SMILES string of the molecule is C=C1CCCC(OC)C1F. The van der Waals surface area contributed by atoms with Gasteiger partial charge in [-0.15, -0.1) is 0 Å². The van der Waals surface area contributed by atoms with Gasteiger partial charge in [-0.3, -0.25) is 0 Å². The topological polar surface area (TPSA) is 9.23 Å². The third-order valence-electron chi connectivity index (χ3n) is 2.01. The van der Waals surface area contributed by atoms with Crippen LogP contribution in [0.5, 0.6) is 0 Å². The minimum absolute atomic E-state index is 0.235. The fraction of sp³-hybridized carbons (Fsp3) is 0.750. The van der Waals surface area contributed by atoms with Crippen LogP contribution in [0.1, 0.15) is 19.3 Å². The Kier molecular flexibility index (Phi) is 2.44. The van der Waals surface area contributed by atoms with Crippen molar-refractivity contribution in [2.75, 3.05) is 7.11 Å². The molecule has 2 unspecified atom stereocenters. The minimum atomic E-state index is -0.932. The molecule has 0 amide bonds. The van der Waals surface area contributed by atoms with Gasteiger partial charge in [0.25, 0.3) is 0 Å². The Bertz CT molecular complexity index is 133. The molecule has 0 spiro atoms. The predicted octanol–water partition coefficient (Wildman–Crippen LogP) is 2.08. The molecular formula is C8H13FO. The number of rotatable bonds is 1. The Balaban J connectivity index is 2.51. The normalized spacial score (nSPS) is 34.4. The van der Waals surface area contributed by atoms with Crippen molar-refractivity contribution in [3.8, 4) is 0 Å². The van der Waals surface area contributed by atoms with E-state index in [0.29, 0.717) is 5.57 Å². The van der Waals surface area contributed by atoms with Crippen molar-refractivity contribution in [3.63, 3.8) is 0 Å². The summed E-state index contributed by atoms with van der Waals surface area (Å²) in [7, 11) is 1.55. The van der Waals surface area contributed by atoms with Crippen LogP contribution < -0.4 is 0 Å². The third-order valence-corrected chi connectivity index (χ3v) is 2.01. The lowest BCUT2D eigenvalue weighted by Crippen LogP contribution is -2.29. The van der Waals surface area contributed by atoms with Gasteiger partial charge in [0.05, 0.1) is 6.10 Å². The lowest BCUT2D eigenvalue weighted by molar-refractivity contribution is 0.0283. The first-order chi connectivity index (χ1) is 4.75. The van der Waals surface area contributed by atoms with E-state index in [9.17, 15) is 4.39 Å². The molecule has 0 aromatic rings. The molecule has 0 saturated heterocycles. The molecule has 0 N–H and O–H groups in total. The average molecular weight is 144 g/mol. The Morgan fingerprint density at radius 2 is 2.40 bits per heavy atom. The van der Waals surface area contributed by atoms with Crippen LogP contribution in [0.25, 0.3) is 0 Å². The van der Waals surface area contributed by atoms with Crippen molar-refractivity contribution in [1.82, 2.24) is 0 Å². The fourth-order valence-corrected chi connectivity index (χ4v) is 1.31. The van der Waals surface area contributed by atoms with Gasteiger partial charge in [-0.25, -0.2) is 4.39 Å². The molecule has 58 valence electrons. The molecule has 2 atom stereocenters. The highest BCUT2D eigenvalue weighted by Crippen LogP contribution is 2.26. The number of methoxy groups -OCH3 is 1. The second-order valence-electron chi connectivity index (χ2n) is 2.73. The monoisotopic (exact) mass is 144 g/mol. The Hall–Kier alpha value is -0.370. The molecule has 1 aliphatic carbocycles. The molecule has 2 heteroatoms. The highest BCUT2D eigenvalue weighted by atomic mass is 19.1. The summed E-state index contributed by atoms with van der Waals surface area (Å²) < 4.78 is 18.0. The number of alkyl halides is 1. The van der Waals surface area contributed by atoms with E-state index in [4.69, 9.17) is 4.74 Å². The van der Waals surface area contributed by atoms with Crippen LogP contribution in [0.3, 0.4) is 0 Å². The second kappa shape index (κ2) is 3.15.